The average molecular weight is 308 g/mol. The van der Waals surface area contributed by atoms with Gasteiger partial charge in [0, 0.05) is 19.1 Å². The van der Waals surface area contributed by atoms with Gasteiger partial charge in [-0.05, 0) is 25.3 Å². The molecule has 0 aromatic heterocycles. The van der Waals surface area contributed by atoms with E-state index in [1.54, 1.807) is 0 Å². The number of carbonyl (C=O) groups is 2. The number of aldehydes is 1. The van der Waals surface area contributed by atoms with Crippen LogP contribution in [0.1, 0.15) is 39.2 Å². The fraction of sp³-hybridized carbons (Fsp3) is 0.529. The van der Waals surface area contributed by atoms with Gasteiger partial charge >= 0.3 is 6.03 Å². The van der Waals surface area contributed by atoms with Gasteiger partial charge in [-0.3, -0.25) is 0 Å². The molecule has 2 aliphatic heterocycles. The highest BCUT2D eigenvalue weighted by molar-refractivity contribution is 5.77. The van der Waals surface area contributed by atoms with Crippen molar-refractivity contribution in [2.75, 3.05) is 13.1 Å². The smallest absolute Gasteiger partial charge is 0.317 e. The van der Waals surface area contributed by atoms with E-state index in [9.17, 15) is 4.79 Å². The number of hydrogen-bond donors (Lipinski definition) is 2. The van der Waals surface area contributed by atoms with E-state index in [2.05, 4.69) is 5.32 Å². The Morgan fingerprint density at radius 1 is 1.32 bits per heavy atom. The van der Waals surface area contributed by atoms with Crippen molar-refractivity contribution in [1.29, 1.82) is 0 Å². The topological polar surface area (TPSA) is 69.6 Å². The minimum atomic E-state index is 0.137. The molecule has 1 aromatic carbocycles. The second kappa shape index (κ2) is 12.8. The van der Waals surface area contributed by atoms with Gasteiger partial charge in [0.15, 0.2) is 0 Å². The van der Waals surface area contributed by atoms with Crippen molar-refractivity contribution in [3.63, 3.8) is 0 Å². The second-order valence-corrected chi connectivity index (χ2v) is 4.61. The molecule has 2 N–H and O–H groups in total. The van der Waals surface area contributed by atoms with E-state index < -0.39 is 0 Å². The molecule has 0 spiro atoms. The summed E-state index contributed by atoms with van der Waals surface area (Å²) in [5.41, 5.74) is 0.965. The molecule has 124 valence electrons. The van der Waals surface area contributed by atoms with Crippen LogP contribution in [0.2, 0.25) is 0 Å². The van der Waals surface area contributed by atoms with Crippen molar-refractivity contribution in [1.82, 2.24) is 10.2 Å². The minimum absolute atomic E-state index is 0.137. The summed E-state index contributed by atoms with van der Waals surface area (Å²) in [6.45, 7) is 7.49. The SMILES string of the molecule is CC.CC=O.O=C1NC2CCCN1C2.OCc1ccccc1. The number of rotatable bonds is 1. The van der Waals surface area contributed by atoms with Crippen LogP contribution in [-0.2, 0) is 11.4 Å². The van der Waals surface area contributed by atoms with E-state index in [4.69, 9.17) is 9.90 Å². The fourth-order valence-corrected chi connectivity index (χ4v) is 2.13. The number of aliphatic hydroxyl groups excluding tert-OH is 1. The van der Waals surface area contributed by atoms with E-state index in [1.165, 1.54) is 19.8 Å². The van der Waals surface area contributed by atoms with Gasteiger partial charge in [-0.15, -0.1) is 0 Å². The Kier molecular flexibility index (Phi) is 11.7. The number of benzene rings is 1. The van der Waals surface area contributed by atoms with Gasteiger partial charge < -0.3 is 20.1 Å². The first kappa shape index (κ1) is 20.1. The maximum absolute atomic E-state index is 10.9. The fourth-order valence-electron chi connectivity index (χ4n) is 2.13. The molecule has 2 heterocycles. The van der Waals surface area contributed by atoms with Gasteiger partial charge in [0.05, 0.1) is 6.61 Å². The van der Waals surface area contributed by atoms with Crippen molar-refractivity contribution < 1.29 is 14.7 Å². The lowest BCUT2D eigenvalue weighted by atomic mass is 10.1. The molecule has 0 radical (unpaired) electrons. The number of urea groups is 1. The Morgan fingerprint density at radius 3 is 2.32 bits per heavy atom. The third-order valence-corrected chi connectivity index (χ3v) is 3.06. The summed E-state index contributed by atoms with van der Waals surface area (Å²) in [5, 5.41) is 11.4. The zero-order valence-corrected chi connectivity index (χ0v) is 13.8. The second-order valence-electron chi connectivity index (χ2n) is 4.61. The first-order valence-electron chi connectivity index (χ1n) is 7.81. The molecule has 2 saturated heterocycles. The Balaban J connectivity index is 0.000000314. The molecular formula is C17H28N2O3. The normalized spacial score (nSPS) is 17.5. The van der Waals surface area contributed by atoms with Crippen LogP contribution in [0, 0.1) is 0 Å². The van der Waals surface area contributed by atoms with Gasteiger partial charge in [-0.25, -0.2) is 4.79 Å². The summed E-state index contributed by atoms with van der Waals surface area (Å²) in [6.07, 6.45) is 3.09. The number of hydrogen-bond acceptors (Lipinski definition) is 3. The van der Waals surface area contributed by atoms with Gasteiger partial charge in [0.1, 0.15) is 6.29 Å². The number of amides is 2. The summed E-state index contributed by atoms with van der Waals surface area (Å²) in [5.74, 6) is 0. The number of nitrogens with zero attached hydrogens (tertiary/aromatic N) is 1. The Morgan fingerprint density at radius 2 is 1.91 bits per heavy atom. The zero-order valence-electron chi connectivity index (χ0n) is 13.8. The average Bonchev–Trinajstić information content (AvgIpc) is 2.83. The third-order valence-electron chi connectivity index (χ3n) is 3.06. The summed E-state index contributed by atoms with van der Waals surface area (Å²) in [4.78, 5) is 21.6. The Bertz CT molecular complexity index is 410. The van der Waals surface area contributed by atoms with Crippen LogP contribution in [0.4, 0.5) is 4.79 Å². The molecular weight excluding hydrogens is 280 g/mol. The summed E-state index contributed by atoms with van der Waals surface area (Å²) < 4.78 is 0. The highest BCUT2D eigenvalue weighted by Gasteiger charge is 2.31. The summed E-state index contributed by atoms with van der Waals surface area (Å²) >= 11 is 0. The van der Waals surface area contributed by atoms with Crippen LogP contribution in [0.3, 0.4) is 0 Å². The lowest BCUT2D eigenvalue weighted by Crippen LogP contribution is -2.30. The molecule has 3 rings (SSSR count). The van der Waals surface area contributed by atoms with Gasteiger partial charge in [-0.1, -0.05) is 44.2 Å². The maximum atomic E-state index is 10.9. The number of piperidine rings is 1. The van der Waals surface area contributed by atoms with Crippen molar-refractivity contribution in [2.24, 2.45) is 0 Å². The Hall–Kier alpha value is -1.88. The summed E-state index contributed by atoms with van der Waals surface area (Å²) in [6, 6.07) is 10.1. The largest absolute Gasteiger partial charge is 0.392 e. The zero-order chi connectivity index (χ0) is 16.8. The lowest BCUT2D eigenvalue weighted by Gasteiger charge is -2.18. The van der Waals surface area contributed by atoms with Crippen LogP contribution in [-0.4, -0.2) is 41.5 Å². The summed E-state index contributed by atoms with van der Waals surface area (Å²) in [7, 11) is 0. The highest BCUT2D eigenvalue weighted by Crippen LogP contribution is 2.15. The Labute approximate surface area is 133 Å². The molecule has 2 bridgehead atoms. The van der Waals surface area contributed by atoms with E-state index in [0.717, 1.165) is 24.9 Å². The third kappa shape index (κ3) is 7.78. The van der Waals surface area contributed by atoms with Crippen molar-refractivity contribution >= 4 is 12.3 Å². The number of aliphatic hydroxyl groups is 1. The molecule has 5 heteroatoms. The van der Waals surface area contributed by atoms with Crippen LogP contribution >= 0.6 is 0 Å². The molecule has 1 unspecified atom stereocenters. The molecule has 0 saturated carbocycles. The van der Waals surface area contributed by atoms with Gasteiger partial charge in [-0.2, -0.15) is 0 Å². The standard InChI is InChI=1S/C7H8O.C6H10N2O.C2H4O.C2H6/c8-6-7-4-2-1-3-5-7;9-6-7-5-2-1-3-8(6)4-5;1-2-3;1-2/h1-5,8H,6H2;5H,1-4H2,(H,7,9);2H,1H3;1-2H3. The first-order chi connectivity index (χ1) is 10.7. The van der Waals surface area contributed by atoms with Crippen molar-refractivity contribution in [3.8, 4) is 0 Å². The van der Waals surface area contributed by atoms with Gasteiger partial charge in [0.2, 0.25) is 0 Å². The lowest BCUT2D eigenvalue weighted by molar-refractivity contribution is -0.106. The van der Waals surface area contributed by atoms with Crippen LogP contribution in [0.25, 0.3) is 0 Å². The predicted molar refractivity (Wildman–Crippen MR) is 88.6 cm³/mol. The highest BCUT2D eigenvalue weighted by atomic mass is 16.3. The van der Waals surface area contributed by atoms with E-state index in [1.807, 2.05) is 49.1 Å². The predicted octanol–water partition coefficient (Wildman–Crippen LogP) is 2.58. The van der Waals surface area contributed by atoms with Crippen LogP contribution in [0.15, 0.2) is 30.3 Å². The van der Waals surface area contributed by atoms with Crippen molar-refractivity contribution in [2.45, 2.75) is 46.3 Å². The molecule has 2 amide bonds. The van der Waals surface area contributed by atoms with Crippen LogP contribution in [0.5, 0.6) is 0 Å². The quantitative estimate of drug-likeness (QED) is 0.783. The molecule has 22 heavy (non-hydrogen) atoms. The molecule has 1 atom stereocenters. The minimum Gasteiger partial charge on any atom is -0.392 e. The molecule has 0 aliphatic carbocycles. The van der Waals surface area contributed by atoms with Gasteiger partial charge in [0.25, 0.3) is 0 Å². The molecule has 2 fully saturated rings. The van der Waals surface area contributed by atoms with E-state index >= 15 is 0 Å². The monoisotopic (exact) mass is 308 g/mol. The number of carbonyl (C=O) groups excluding carboxylic acids is 2. The molecule has 5 nitrogen and oxygen atoms in total. The van der Waals surface area contributed by atoms with E-state index in [-0.39, 0.29) is 12.6 Å². The molecule has 1 aromatic rings. The van der Waals surface area contributed by atoms with E-state index in [0.29, 0.717) is 6.04 Å². The molecule has 2 aliphatic rings. The first-order valence-corrected chi connectivity index (χ1v) is 7.81. The van der Waals surface area contributed by atoms with Crippen molar-refractivity contribution in [3.05, 3.63) is 35.9 Å². The number of nitrogens with one attached hydrogen (secondary N) is 1. The van der Waals surface area contributed by atoms with Crippen LogP contribution < -0.4 is 5.32 Å². The number of fused-ring (bicyclic) bond motifs is 2. The maximum Gasteiger partial charge on any atom is 0.317 e.